The Morgan fingerprint density at radius 2 is 2.19 bits per heavy atom. The highest BCUT2D eigenvalue weighted by atomic mass is 35.5. The van der Waals surface area contributed by atoms with Crippen molar-refractivity contribution in [2.24, 2.45) is 0 Å². The van der Waals surface area contributed by atoms with Crippen LogP contribution in [0.1, 0.15) is 43.3 Å². The van der Waals surface area contributed by atoms with Gasteiger partial charge in [-0.05, 0) is 37.5 Å². The van der Waals surface area contributed by atoms with Gasteiger partial charge in [0, 0.05) is 24.4 Å². The fourth-order valence-corrected chi connectivity index (χ4v) is 2.57. The maximum absolute atomic E-state index is 12.0. The Kier molecular flexibility index (Phi) is 5.72. The number of aliphatic carboxylic acids is 1. The van der Waals surface area contributed by atoms with E-state index in [1.807, 2.05) is 0 Å². The fourth-order valence-electron chi connectivity index (χ4n) is 2.34. The normalized spacial score (nSPS) is 13.4. The molecule has 0 spiro atoms. The lowest BCUT2D eigenvalue weighted by molar-refractivity contribution is -0.139. The summed E-state index contributed by atoms with van der Waals surface area (Å²) >= 11 is 6.02. The number of benzene rings is 1. The van der Waals surface area contributed by atoms with Gasteiger partial charge < -0.3 is 19.7 Å². The first-order valence-corrected chi connectivity index (χ1v) is 8.65. The largest absolute Gasteiger partial charge is 0.480 e. The first-order valence-electron chi connectivity index (χ1n) is 8.28. The van der Waals surface area contributed by atoms with Crippen LogP contribution in [-0.4, -0.2) is 33.7 Å². The molecule has 0 saturated heterocycles. The first kappa shape index (κ1) is 18.2. The van der Waals surface area contributed by atoms with Crippen molar-refractivity contribution in [1.29, 1.82) is 0 Å². The highest BCUT2D eigenvalue weighted by Crippen LogP contribution is 2.38. The minimum Gasteiger partial charge on any atom is -0.480 e. The molecular formula is C17H18ClN3O5. The molecule has 8 nitrogen and oxygen atoms in total. The third kappa shape index (κ3) is 5.19. The molecule has 138 valence electrons. The molecule has 26 heavy (non-hydrogen) atoms. The summed E-state index contributed by atoms with van der Waals surface area (Å²) in [6.07, 6.45) is 3.67. The number of carboxylic acid groups (broad SMARTS) is 1. The summed E-state index contributed by atoms with van der Waals surface area (Å²) in [4.78, 5) is 26.8. The number of rotatable bonds is 9. The number of hydrogen-bond donors (Lipinski definition) is 2. The number of amides is 1. The Labute approximate surface area is 154 Å². The SMILES string of the molecule is O=C(O)COc1ccc(NC(=O)CCCc2nc(C3CC3)no2)cc1Cl. The maximum Gasteiger partial charge on any atom is 0.341 e. The van der Waals surface area contributed by atoms with Crippen LogP contribution in [0.3, 0.4) is 0 Å². The van der Waals surface area contributed by atoms with Crippen molar-refractivity contribution in [1.82, 2.24) is 10.1 Å². The Morgan fingerprint density at radius 3 is 2.88 bits per heavy atom. The number of ether oxygens (including phenoxy) is 1. The van der Waals surface area contributed by atoms with Crippen LogP contribution >= 0.6 is 11.6 Å². The number of nitrogens with one attached hydrogen (secondary N) is 1. The average Bonchev–Trinajstić information content (AvgIpc) is 3.33. The lowest BCUT2D eigenvalue weighted by atomic mass is 10.2. The van der Waals surface area contributed by atoms with E-state index in [2.05, 4.69) is 15.5 Å². The van der Waals surface area contributed by atoms with Crippen molar-refractivity contribution in [2.75, 3.05) is 11.9 Å². The highest BCUT2D eigenvalue weighted by Gasteiger charge is 2.28. The van der Waals surface area contributed by atoms with Gasteiger partial charge in [0.15, 0.2) is 12.4 Å². The number of carbonyl (C=O) groups excluding carboxylic acids is 1. The molecule has 1 aromatic heterocycles. The lowest BCUT2D eigenvalue weighted by Crippen LogP contribution is -2.12. The number of carboxylic acids is 1. The van der Waals surface area contributed by atoms with Crippen LogP contribution in [0.4, 0.5) is 5.69 Å². The summed E-state index contributed by atoms with van der Waals surface area (Å²) in [5.41, 5.74) is 0.511. The van der Waals surface area contributed by atoms with Crippen LogP contribution in [0, 0.1) is 0 Å². The number of anilines is 1. The van der Waals surface area contributed by atoms with Crippen LogP contribution in [0.15, 0.2) is 22.7 Å². The summed E-state index contributed by atoms with van der Waals surface area (Å²) < 4.78 is 10.2. The van der Waals surface area contributed by atoms with Gasteiger partial charge in [0.1, 0.15) is 5.75 Å². The Balaban J connectivity index is 1.43. The van der Waals surface area contributed by atoms with Gasteiger partial charge in [0.25, 0.3) is 0 Å². The van der Waals surface area contributed by atoms with Crippen molar-refractivity contribution in [3.05, 3.63) is 34.9 Å². The van der Waals surface area contributed by atoms with E-state index in [0.717, 1.165) is 18.7 Å². The summed E-state index contributed by atoms with van der Waals surface area (Å²) in [6, 6.07) is 4.62. The molecule has 9 heteroatoms. The van der Waals surface area contributed by atoms with E-state index in [0.29, 0.717) is 36.8 Å². The van der Waals surface area contributed by atoms with Crippen LogP contribution < -0.4 is 10.1 Å². The van der Waals surface area contributed by atoms with Gasteiger partial charge in [-0.1, -0.05) is 16.8 Å². The van der Waals surface area contributed by atoms with Gasteiger partial charge in [-0.2, -0.15) is 4.98 Å². The van der Waals surface area contributed by atoms with Gasteiger partial charge >= 0.3 is 5.97 Å². The summed E-state index contributed by atoms with van der Waals surface area (Å²) in [5, 5.41) is 15.5. The zero-order valence-electron chi connectivity index (χ0n) is 13.9. The average molecular weight is 380 g/mol. The third-order valence-electron chi connectivity index (χ3n) is 3.79. The lowest BCUT2D eigenvalue weighted by Gasteiger charge is -2.09. The van der Waals surface area contributed by atoms with Crippen molar-refractivity contribution >= 4 is 29.2 Å². The van der Waals surface area contributed by atoms with E-state index < -0.39 is 12.6 Å². The third-order valence-corrected chi connectivity index (χ3v) is 4.08. The van der Waals surface area contributed by atoms with E-state index in [4.69, 9.17) is 26.0 Å². The number of aromatic nitrogens is 2. The molecule has 0 unspecified atom stereocenters. The molecule has 1 aromatic carbocycles. The molecule has 2 aromatic rings. The summed E-state index contributed by atoms with van der Waals surface area (Å²) in [7, 11) is 0. The van der Waals surface area contributed by atoms with Gasteiger partial charge in [0.05, 0.1) is 5.02 Å². The smallest absolute Gasteiger partial charge is 0.341 e. The minimum atomic E-state index is -1.09. The Hall–Kier alpha value is -2.61. The molecule has 0 radical (unpaired) electrons. The topological polar surface area (TPSA) is 115 Å². The van der Waals surface area contributed by atoms with Crippen molar-refractivity contribution < 1.29 is 24.0 Å². The van der Waals surface area contributed by atoms with Crippen molar-refractivity contribution in [3.63, 3.8) is 0 Å². The predicted octanol–water partition coefficient (Wildman–Crippen LogP) is 3.03. The van der Waals surface area contributed by atoms with Crippen LogP contribution in [-0.2, 0) is 16.0 Å². The number of hydrogen-bond acceptors (Lipinski definition) is 6. The van der Waals surface area contributed by atoms with Crippen LogP contribution in [0.2, 0.25) is 5.02 Å². The molecule has 1 aliphatic carbocycles. The number of halogens is 1. The first-order chi connectivity index (χ1) is 12.5. The van der Waals surface area contributed by atoms with E-state index in [-0.39, 0.29) is 16.7 Å². The molecule has 1 amide bonds. The minimum absolute atomic E-state index is 0.165. The second-order valence-electron chi connectivity index (χ2n) is 6.05. The van der Waals surface area contributed by atoms with Gasteiger partial charge in [-0.25, -0.2) is 4.79 Å². The Bertz CT molecular complexity index is 803. The second kappa shape index (κ2) is 8.18. The summed E-state index contributed by atoms with van der Waals surface area (Å²) in [5.74, 6) is 0.760. The highest BCUT2D eigenvalue weighted by molar-refractivity contribution is 6.32. The molecule has 1 aliphatic rings. The zero-order chi connectivity index (χ0) is 18.5. The van der Waals surface area contributed by atoms with Crippen molar-refractivity contribution in [3.8, 4) is 5.75 Å². The molecule has 0 aliphatic heterocycles. The van der Waals surface area contributed by atoms with E-state index in [1.165, 1.54) is 12.1 Å². The second-order valence-corrected chi connectivity index (χ2v) is 6.46. The van der Waals surface area contributed by atoms with Gasteiger partial charge in [-0.3, -0.25) is 4.79 Å². The predicted molar refractivity (Wildman–Crippen MR) is 92.4 cm³/mol. The Morgan fingerprint density at radius 1 is 1.38 bits per heavy atom. The van der Waals surface area contributed by atoms with E-state index >= 15 is 0 Å². The van der Waals surface area contributed by atoms with Crippen molar-refractivity contribution in [2.45, 2.75) is 38.0 Å². The molecule has 1 saturated carbocycles. The molecule has 3 rings (SSSR count). The zero-order valence-corrected chi connectivity index (χ0v) is 14.7. The number of aryl methyl sites for hydroxylation is 1. The van der Waals surface area contributed by atoms with Gasteiger partial charge in [0.2, 0.25) is 11.8 Å². The number of carbonyl (C=O) groups is 2. The molecule has 0 bridgehead atoms. The molecule has 0 atom stereocenters. The van der Waals surface area contributed by atoms with E-state index in [1.54, 1.807) is 6.07 Å². The van der Waals surface area contributed by atoms with Crippen LogP contribution in [0.25, 0.3) is 0 Å². The number of nitrogens with zero attached hydrogens (tertiary/aromatic N) is 2. The monoisotopic (exact) mass is 379 g/mol. The maximum atomic E-state index is 12.0. The summed E-state index contributed by atoms with van der Waals surface area (Å²) in [6.45, 7) is -0.483. The molecule has 1 heterocycles. The molecular weight excluding hydrogens is 362 g/mol. The van der Waals surface area contributed by atoms with Crippen LogP contribution in [0.5, 0.6) is 5.75 Å². The fraction of sp³-hybridized carbons (Fsp3) is 0.412. The molecule has 2 N–H and O–H groups in total. The quantitative estimate of drug-likeness (QED) is 0.688. The van der Waals surface area contributed by atoms with E-state index in [9.17, 15) is 9.59 Å². The molecule has 1 fully saturated rings. The van der Waals surface area contributed by atoms with Gasteiger partial charge in [-0.15, -0.1) is 0 Å². The standard InChI is InChI=1S/C17H18ClN3O5/c18-12-8-11(6-7-13(12)25-9-16(23)24)19-14(22)2-1-3-15-20-17(21-26-15)10-4-5-10/h6-8,10H,1-5,9H2,(H,19,22)(H,23,24).